The van der Waals surface area contributed by atoms with Crippen LogP contribution >= 0.6 is 0 Å². The Morgan fingerprint density at radius 3 is 1.10 bits per heavy atom. The van der Waals surface area contributed by atoms with Crippen LogP contribution in [0.15, 0.2) is 218 Å². The largest absolute Gasteiger partial charge is 0.309 e. The van der Waals surface area contributed by atoms with Crippen molar-refractivity contribution in [3.05, 3.63) is 252 Å². The molecule has 17 rings (SSSR count). The molecule has 4 heteroatoms. The number of rotatable bonds is 6. The molecule has 4 heterocycles. The molecule has 11 aromatic carbocycles. The fourth-order valence-corrected chi connectivity index (χ4v) is 15.7. The maximum Gasteiger partial charge on any atom is 0.0641 e. The van der Waals surface area contributed by atoms with Gasteiger partial charge in [0.1, 0.15) is 0 Å². The summed E-state index contributed by atoms with van der Waals surface area (Å²) in [5, 5.41) is 10.1. The third-order valence-electron chi connectivity index (χ3n) is 19.8. The lowest BCUT2D eigenvalue weighted by atomic mass is 9.82. The molecule has 2 aliphatic rings. The van der Waals surface area contributed by atoms with Gasteiger partial charge in [-0.25, -0.2) is 0 Å². The predicted molar refractivity (Wildman–Crippen MR) is 358 cm³/mol. The number of benzene rings is 11. The second-order valence-corrected chi connectivity index (χ2v) is 27.3. The van der Waals surface area contributed by atoms with Crippen molar-refractivity contribution in [3.63, 3.8) is 0 Å². The van der Waals surface area contributed by atoms with Crippen LogP contribution in [0.5, 0.6) is 0 Å². The summed E-state index contributed by atoms with van der Waals surface area (Å²) < 4.78 is 5.23. The van der Waals surface area contributed by atoms with Gasteiger partial charge in [0, 0.05) is 76.4 Å². The Bertz CT molecular complexity index is 4940. The van der Waals surface area contributed by atoms with E-state index in [1.165, 1.54) is 155 Å². The van der Waals surface area contributed by atoms with Crippen molar-refractivity contribution >= 4 is 110 Å². The summed E-state index contributed by atoms with van der Waals surface area (Å²) in [6, 6.07) is 83.6. The summed E-state index contributed by atoms with van der Waals surface area (Å²) in [6.07, 6.45) is 0. The molecule has 0 N–H and O–H groups in total. The number of hydrogen-bond donors (Lipinski definition) is 0. The van der Waals surface area contributed by atoms with Crippen LogP contribution in [0.25, 0.3) is 98.4 Å². The number of hydrogen-bond acceptors (Lipinski definition) is 2. The lowest BCUT2D eigenvalue weighted by molar-refractivity contribution is 0.591. The molecule has 0 amide bonds. The van der Waals surface area contributed by atoms with E-state index >= 15 is 0 Å². The standard InChI is InChI=1S/C80H66N4/c1-77(2,3)47-35-39-63-57(43-47)73-67(81(49-23-13-11-14-24-49)65-33-21-31-61-71(65)53-27-17-19-29-59(53)79(61,7)8)41-37-51-55-46-70-56(45-69(55)83(63)75(51)73)52-38-42-68(74-58-44-48(78(4,5)6)36-40-64(58)84(70)76(52)74)82(50-25-15-12-16-26-50)66-34-22-32-62-72(66)54-28-18-20-30-60(54)80(62,9)10/h11-46H,1-10H3. The Balaban J connectivity index is 0.974. The van der Waals surface area contributed by atoms with E-state index in [9.17, 15) is 0 Å². The molecule has 84 heavy (non-hydrogen) atoms. The molecule has 0 radical (unpaired) electrons. The van der Waals surface area contributed by atoms with Gasteiger partial charge in [0.25, 0.3) is 0 Å². The van der Waals surface area contributed by atoms with Crippen LogP contribution in [0.4, 0.5) is 34.1 Å². The zero-order valence-corrected chi connectivity index (χ0v) is 49.6. The van der Waals surface area contributed by atoms with E-state index in [-0.39, 0.29) is 21.7 Å². The van der Waals surface area contributed by atoms with Crippen molar-refractivity contribution < 1.29 is 0 Å². The molecule has 0 saturated heterocycles. The molecule has 0 bridgehead atoms. The number of aromatic nitrogens is 2. The summed E-state index contributed by atoms with van der Waals surface area (Å²) in [5.74, 6) is 0. The van der Waals surface area contributed by atoms with E-state index in [4.69, 9.17) is 0 Å². The van der Waals surface area contributed by atoms with Gasteiger partial charge < -0.3 is 18.6 Å². The second kappa shape index (κ2) is 16.7. The SMILES string of the molecule is CC(C)(C)c1ccc2c(c1)c1c(N(c3ccccc3)c3cccc4c3-c3ccccc3C4(C)C)ccc3c4cc5c(cc4n2c31)c1ccc(N(c2ccccc2)c2cccc3c2-c2ccccc2C3(C)C)c2c3cc(C(C)(C)C)ccc3n5c12. The van der Waals surface area contributed by atoms with E-state index in [2.05, 4.69) is 306 Å². The first kappa shape index (κ1) is 49.2. The van der Waals surface area contributed by atoms with Gasteiger partial charge in [-0.05, 0) is 140 Å². The average Bonchev–Trinajstić information content (AvgIpc) is 1.54. The first-order valence-corrected chi connectivity index (χ1v) is 30.1. The zero-order valence-electron chi connectivity index (χ0n) is 49.6. The van der Waals surface area contributed by atoms with Gasteiger partial charge in [-0.3, -0.25) is 0 Å². The summed E-state index contributed by atoms with van der Waals surface area (Å²) in [5.41, 5.74) is 27.4. The molecule has 0 saturated carbocycles. The van der Waals surface area contributed by atoms with Gasteiger partial charge in [-0.15, -0.1) is 0 Å². The van der Waals surface area contributed by atoms with E-state index in [1.807, 2.05) is 0 Å². The Kier molecular flexibility index (Phi) is 9.77. The lowest BCUT2D eigenvalue weighted by Gasteiger charge is -2.29. The van der Waals surface area contributed by atoms with Crippen LogP contribution in [-0.2, 0) is 21.7 Å². The quantitative estimate of drug-likeness (QED) is 0.165. The van der Waals surface area contributed by atoms with Crippen molar-refractivity contribution in [1.29, 1.82) is 0 Å². The monoisotopic (exact) mass is 1080 g/mol. The van der Waals surface area contributed by atoms with E-state index in [0.717, 1.165) is 11.4 Å². The topological polar surface area (TPSA) is 15.3 Å². The van der Waals surface area contributed by atoms with E-state index in [0.29, 0.717) is 0 Å². The first-order chi connectivity index (χ1) is 40.5. The second-order valence-electron chi connectivity index (χ2n) is 27.3. The minimum Gasteiger partial charge on any atom is -0.309 e. The molecule has 4 aromatic heterocycles. The Morgan fingerprint density at radius 1 is 0.310 bits per heavy atom. The van der Waals surface area contributed by atoms with Crippen molar-refractivity contribution in [3.8, 4) is 22.3 Å². The van der Waals surface area contributed by atoms with Crippen molar-refractivity contribution in [2.45, 2.75) is 90.9 Å². The molecule has 0 spiro atoms. The molecule has 15 aromatic rings. The van der Waals surface area contributed by atoms with Gasteiger partial charge in [0.05, 0.1) is 55.8 Å². The highest BCUT2D eigenvalue weighted by atomic mass is 15.2. The molecule has 406 valence electrons. The Morgan fingerprint density at radius 2 is 0.690 bits per heavy atom. The van der Waals surface area contributed by atoms with E-state index < -0.39 is 0 Å². The first-order valence-electron chi connectivity index (χ1n) is 30.1. The van der Waals surface area contributed by atoms with Crippen molar-refractivity contribution in [1.82, 2.24) is 8.80 Å². The summed E-state index contributed by atoms with van der Waals surface area (Å²) in [4.78, 5) is 5.13. The van der Waals surface area contributed by atoms with Crippen LogP contribution in [0.2, 0.25) is 0 Å². The number of para-hydroxylation sites is 2. The minimum atomic E-state index is -0.148. The van der Waals surface area contributed by atoms with Crippen LogP contribution in [-0.4, -0.2) is 8.80 Å². The molecular formula is C80H66N4. The zero-order chi connectivity index (χ0) is 57.1. The van der Waals surface area contributed by atoms with Gasteiger partial charge >= 0.3 is 0 Å². The molecule has 0 fully saturated rings. The van der Waals surface area contributed by atoms with Gasteiger partial charge in [-0.1, -0.05) is 203 Å². The summed E-state index contributed by atoms with van der Waals surface area (Å²) in [6.45, 7) is 23.6. The molecule has 0 atom stereocenters. The number of anilines is 6. The lowest BCUT2D eigenvalue weighted by Crippen LogP contribution is -2.16. The average molecular weight is 1080 g/mol. The van der Waals surface area contributed by atoms with Gasteiger partial charge in [0.15, 0.2) is 0 Å². The molecule has 4 nitrogen and oxygen atoms in total. The van der Waals surface area contributed by atoms with Crippen molar-refractivity contribution in [2.24, 2.45) is 0 Å². The molecule has 0 aliphatic heterocycles. The fourth-order valence-electron chi connectivity index (χ4n) is 15.7. The predicted octanol–water partition coefficient (Wildman–Crippen LogP) is 22.1. The summed E-state index contributed by atoms with van der Waals surface area (Å²) in [7, 11) is 0. The Hall–Kier alpha value is -9.38. The maximum atomic E-state index is 2.61. The normalized spacial score (nSPS) is 14.5. The highest BCUT2D eigenvalue weighted by Gasteiger charge is 2.40. The number of fused-ring (bicyclic) bond motifs is 18. The maximum absolute atomic E-state index is 2.61. The highest BCUT2D eigenvalue weighted by Crippen LogP contribution is 2.59. The number of nitrogens with zero attached hydrogens (tertiary/aromatic N) is 4. The molecular weight excluding hydrogens is 1020 g/mol. The van der Waals surface area contributed by atoms with Crippen LogP contribution < -0.4 is 9.80 Å². The Labute approximate surface area is 491 Å². The molecule has 2 aliphatic carbocycles. The smallest absolute Gasteiger partial charge is 0.0641 e. The van der Waals surface area contributed by atoms with Crippen LogP contribution in [0.1, 0.15) is 103 Å². The summed E-state index contributed by atoms with van der Waals surface area (Å²) >= 11 is 0. The van der Waals surface area contributed by atoms with E-state index in [1.54, 1.807) is 0 Å². The van der Waals surface area contributed by atoms with Crippen molar-refractivity contribution in [2.75, 3.05) is 9.80 Å². The van der Waals surface area contributed by atoms with Crippen LogP contribution in [0, 0.1) is 0 Å². The van der Waals surface area contributed by atoms with Crippen LogP contribution in [0.3, 0.4) is 0 Å². The highest BCUT2D eigenvalue weighted by molar-refractivity contribution is 6.32. The molecule has 0 unspecified atom stereocenters. The minimum absolute atomic E-state index is 0.0585. The third kappa shape index (κ3) is 6.43. The van der Waals surface area contributed by atoms with Gasteiger partial charge in [0.2, 0.25) is 0 Å². The van der Waals surface area contributed by atoms with Gasteiger partial charge in [-0.2, -0.15) is 0 Å². The fraction of sp³-hybridized carbons (Fsp3) is 0.175. The third-order valence-corrected chi connectivity index (χ3v) is 19.8.